The van der Waals surface area contributed by atoms with Crippen LogP contribution >= 0.6 is 11.6 Å². The van der Waals surface area contributed by atoms with Gasteiger partial charge in [0.2, 0.25) is 0 Å². The first-order chi connectivity index (χ1) is 12.5. The van der Waals surface area contributed by atoms with Crippen molar-refractivity contribution < 1.29 is 19.0 Å². The van der Waals surface area contributed by atoms with Crippen LogP contribution < -0.4 is 9.47 Å². The number of ether oxygens (including phenoxy) is 3. The third-order valence-corrected chi connectivity index (χ3v) is 4.44. The molecule has 2 rings (SSSR count). The zero-order valence-corrected chi connectivity index (χ0v) is 16.2. The first-order valence-electron chi connectivity index (χ1n) is 8.24. The standard InChI is InChI=1S/C20H24ClNO4/c1-22(12-11-14-5-10-17(24-2)18(13-14)25-3)20(23)19(26-4)15-6-8-16(21)9-7-15/h5-10,13,19H,11-12H2,1-4H3. The van der Waals surface area contributed by atoms with Gasteiger partial charge in [0.15, 0.2) is 17.6 Å². The van der Waals surface area contributed by atoms with Gasteiger partial charge < -0.3 is 19.1 Å². The number of nitrogens with zero attached hydrogens (tertiary/aromatic N) is 1. The number of benzene rings is 2. The normalized spacial score (nSPS) is 11.7. The van der Waals surface area contributed by atoms with Crippen LogP contribution in [-0.4, -0.2) is 45.7 Å². The lowest BCUT2D eigenvalue weighted by Gasteiger charge is -2.23. The fourth-order valence-corrected chi connectivity index (χ4v) is 2.79. The van der Waals surface area contributed by atoms with Crippen LogP contribution in [0.5, 0.6) is 11.5 Å². The molecule has 0 aliphatic heterocycles. The summed E-state index contributed by atoms with van der Waals surface area (Å²) in [7, 11) is 6.50. The lowest BCUT2D eigenvalue weighted by atomic mass is 10.1. The molecule has 0 saturated heterocycles. The smallest absolute Gasteiger partial charge is 0.256 e. The first-order valence-corrected chi connectivity index (χ1v) is 8.62. The molecule has 1 unspecified atom stereocenters. The third kappa shape index (κ3) is 4.90. The average Bonchev–Trinajstić information content (AvgIpc) is 2.67. The molecular formula is C20H24ClNO4. The Morgan fingerprint density at radius 1 is 1.04 bits per heavy atom. The maximum Gasteiger partial charge on any atom is 0.256 e. The van der Waals surface area contributed by atoms with E-state index in [0.717, 1.165) is 11.1 Å². The van der Waals surface area contributed by atoms with Crippen LogP contribution in [0.1, 0.15) is 17.2 Å². The highest BCUT2D eigenvalue weighted by Gasteiger charge is 2.23. The van der Waals surface area contributed by atoms with Crippen molar-refractivity contribution in [3.8, 4) is 11.5 Å². The fraction of sp³-hybridized carbons (Fsp3) is 0.350. The summed E-state index contributed by atoms with van der Waals surface area (Å²) in [6.45, 7) is 0.557. The van der Waals surface area contributed by atoms with E-state index in [1.807, 2.05) is 18.2 Å². The Labute approximate surface area is 159 Å². The van der Waals surface area contributed by atoms with Gasteiger partial charge in [0.05, 0.1) is 14.2 Å². The minimum Gasteiger partial charge on any atom is -0.493 e. The van der Waals surface area contributed by atoms with Crippen LogP contribution in [0.2, 0.25) is 5.02 Å². The lowest BCUT2D eigenvalue weighted by Crippen LogP contribution is -2.34. The fourth-order valence-electron chi connectivity index (χ4n) is 2.66. The van der Waals surface area contributed by atoms with Crippen molar-refractivity contribution in [1.82, 2.24) is 4.90 Å². The topological polar surface area (TPSA) is 48.0 Å². The van der Waals surface area contributed by atoms with Gasteiger partial charge in [-0.3, -0.25) is 4.79 Å². The van der Waals surface area contributed by atoms with Gasteiger partial charge in [-0.05, 0) is 41.8 Å². The Morgan fingerprint density at radius 2 is 1.69 bits per heavy atom. The molecule has 0 aliphatic carbocycles. The molecule has 0 fully saturated rings. The largest absolute Gasteiger partial charge is 0.493 e. The highest BCUT2D eigenvalue weighted by Crippen LogP contribution is 2.28. The van der Waals surface area contributed by atoms with Gasteiger partial charge in [-0.25, -0.2) is 0 Å². The van der Waals surface area contributed by atoms with Crippen molar-refractivity contribution in [3.63, 3.8) is 0 Å². The Bertz CT molecular complexity index is 733. The summed E-state index contributed by atoms with van der Waals surface area (Å²) < 4.78 is 16.0. The lowest BCUT2D eigenvalue weighted by molar-refractivity contribution is -0.141. The van der Waals surface area contributed by atoms with E-state index >= 15 is 0 Å². The quantitative estimate of drug-likeness (QED) is 0.703. The predicted molar refractivity (Wildman–Crippen MR) is 102 cm³/mol. The molecule has 0 aliphatic rings. The van der Waals surface area contributed by atoms with Crippen LogP contribution in [0.3, 0.4) is 0 Å². The van der Waals surface area contributed by atoms with Crippen LogP contribution in [0.4, 0.5) is 0 Å². The van der Waals surface area contributed by atoms with E-state index in [4.69, 9.17) is 25.8 Å². The van der Waals surface area contributed by atoms with E-state index in [-0.39, 0.29) is 5.91 Å². The molecule has 0 heterocycles. The number of rotatable bonds is 8. The minimum absolute atomic E-state index is 0.102. The van der Waals surface area contributed by atoms with Gasteiger partial charge in [-0.2, -0.15) is 0 Å². The second-order valence-electron chi connectivity index (χ2n) is 5.87. The summed E-state index contributed by atoms with van der Waals surface area (Å²) in [5.74, 6) is 1.26. The summed E-state index contributed by atoms with van der Waals surface area (Å²) in [6.07, 6.45) is 0.0438. The van der Waals surface area contributed by atoms with Crippen molar-refractivity contribution >= 4 is 17.5 Å². The predicted octanol–water partition coefficient (Wildman–Crippen LogP) is 3.75. The summed E-state index contributed by atoms with van der Waals surface area (Å²) in [6, 6.07) is 12.9. The van der Waals surface area contributed by atoms with Crippen LogP contribution in [-0.2, 0) is 16.0 Å². The van der Waals surface area contributed by atoms with Gasteiger partial charge in [0.25, 0.3) is 5.91 Å². The maximum atomic E-state index is 12.7. The summed E-state index contributed by atoms with van der Waals surface area (Å²) >= 11 is 5.91. The molecule has 6 heteroatoms. The molecule has 0 N–H and O–H groups in total. The van der Waals surface area contributed by atoms with Crippen LogP contribution in [0.25, 0.3) is 0 Å². The second kappa shape index (κ2) is 9.46. The molecule has 0 spiro atoms. The molecular weight excluding hydrogens is 354 g/mol. The Kier molecular flexibility index (Phi) is 7.30. The number of hydrogen-bond acceptors (Lipinski definition) is 4. The molecule has 140 valence electrons. The van der Waals surface area contributed by atoms with Gasteiger partial charge in [-0.1, -0.05) is 29.8 Å². The first kappa shape index (κ1) is 20.1. The number of likely N-dealkylation sites (N-methyl/N-ethyl adjacent to an activating group) is 1. The van der Waals surface area contributed by atoms with E-state index in [2.05, 4.69) is 0 Å². The molecule has 0 saturated carbocycles. The Morgan fingerprint density at radius 3 is 2.27 bits per heavy atom. The summed E-state index contributed by atoms with van der Waals surface area (Å²) in [4.78, 5) is 14.4. The van der Waals surface area contributed by atoms with E-state index in [1.165, 1.54) is 7.11 Å². The summed E-state index contributed by atoms with van der Waals surface area (Å²) in [5.41, 5.74) is 1.84. The van der Waals surface area contributed by atoms with Crippen molar-refractivity contribution in [2.24, 2.45) is 0 Å². The van der Waals surface area contributed by atoms with Crippen molar-refractivity contribution in [2.75, 3.05) is 34.9 Å². The van der Waals surface area contributed by atoms with Gasteiger partial charge in [-0.15, -0.1) is 0 Å². The van der Waals surface area contributed by atoms with Crippen molar-refractivity contribution in [2.45, 2.75) is 12.5 Å². The monoisotopic (exact) mass is 377 g/mol. The molecule has 0 aromatic heterocycles. The molecule has 1 amide bonds. The maximum absolute atomic E-state index is 12.7. The van der Waals surface area contributed by atoms with E-state index < -0.39 is 6.10 Å². The molecule has 0 bridgehead atoms. The highest BCUT2D eigenvalue weighted by atomic mass is 35.5. The van der Waals surface area contributed by atoms with Crippen molar-refractivity contribution in [1.29, 1.82) is 0 Å². The van der Waals surface area contributed by atoms with E-state index in [0.29, 0.717) is 29.5 Å². The Balaban J connectivity index is 2.03. The molecule has 1 atom stereocenters. The number of hydrogen-bond donors (Lipinski definition) is 0. The van der Waals surface area contributed by atoms with Gasteiger partial charge >= 0.3 is 0 Å². The molecule has 2 aromatic rings. The van der Waals surface area contributed by atoms with Crippen molar-refractivity contribution in [3.05, 3.63) is 58.6 Å². The number of carbonyl (C=O) groups excluding carboxylic acids is 1. The Hall–Kier alpha value is -2.24. The molecule has 26 heavy (non-hydrogen) atoms. The van der Waals surface area contributed by atoms with E-state index in [1.54, 1.807) is 50.4 Å². The van der Waals surface area contributed by atoms with Crippen LogP contribution in [0.15, 0.2) is 42.5 Å². The zero-order valence-electron chi connectivity index (χ0n) is 15.5. The summed E-state index contributed by atoms with van der Waals surface area (Å²) in [5, 5.41) is 0.623. The van der Waals surface area contributed by atoms with Gasteiger partial charge in [0, 0.05) is 25.7 Å². The van der Waals surface area contributed by atoms with Gasteiger partial charge in [0.1, 0.15) is 0 Å². The molecule has 5 nitrogen and oxygen atoms in total. The van der Waals surface area contributed by atoms with Crippen LogP contribution in [0, 0.1) is 0 Å². The highest BCUT2D eigenvalue weighted by molar-refractivity contribution is 6.30. The zero-order chi connectivity index (χ0) is 19.1. The third-order valence-electron chi connectivity index (χ3n) is 4.19. The number of methoxy groups -OCH3 is 3. The molecule has 2 aromatic carbocycles. The number of amides is 1. The SMILES string of the molecule is COc1ccc(CCN(C)C(=O)C(OC)c2ccc(Cl)cc2)cc1OC. The second-order valence-corrected chi connectivity index (χ2v) is 6.30. The average molecular weight is 378 g/mol. The number of carbonyl (C=O) groups is 1. The number of halogens is 1. The molecule has 0 radical (unpaired) electrons. The minimum atomic E-state index is -0.650. The van der Waals surface area contributed by atoms with E-state index in [9.17, 15) is 4.79 Å².